The first-order chi connectivity index (χ1) is 9.28. The molecule has 108 valence electrons. The van der Waals surface area contributed by atoms with Crippen molar-refractivity contribution in [3.05, 3.63) is 11.1 Å². The zero-order valence-electron chi connectivity index (χ0n) is 11.9. The van der Waals surface area contributed by atoms with Gasteiger partial charge in [-0.05, 0) is 50.2 Å². The summed E-state index contributed by atoms with van der Waals surface area (Å²) >= 11 is 0. The first kappa shape index (κ1) is 12.5. The smallest absolute Gasteiger partial charge is 0.329 e. The maximum absolute atomic E-state index is 13.0. The number of hydrogen-bond acceptors (Lipinski definition) is 5. The van der Waals surface area contributed by atoms with Crippen molar-refractivity contribution in [2.45, 2.75) is 57.5 Å². The molecule has 0 saturated carbocycles. The second-order valence-corrected chi connectivity index (χ2v) is 6.80. The van der Waals surface area contributed by atoms with Gasteiger partial charge in [0.05, 0.1) is 0 Å². The lowest BCUT2D eigenvalue weighted by Crippen LogP contribution is -2.59. The van der Waals surface area contributed by atoms with Crippen molar-refractivity contribution < 1.29 is 24.2 Å². The molecule has 5 nitrogen and oxygen atoms in total. The summed E-state index contributed by atoms with van der Waals surface area (Å²) in [6.07, 6.45) is 1.77. The summed E-state index contributed by atoms with van der Waals surface area (Å²) in [7, 11) is 0. The predicted octanol–water partition coefficient (Wildman–Crippen LogP) is 1.09. The summed E-state index contributed by atoms with van der Waals surface area (Å²) in [5.74, 6) is -0.810. The van der Waals surface area contributed by atoms with Crippen molar-refractivity contribution in [3.8, 4) is 0 Å². The van der Waals surface area contributed by atoms with Crippen LogP contribution in [0.1, 0.15) is 40.0 Å². The molecule has 0 aromatic rings. The fourth-order valence-electron chi connectivity index (χ4n) is 4.80. The van der Waals surface area contributed by atoms with Crippen LogP contribution in [0.15, 0.2) is 11.1 Å². The number of ketones is 1. The van der Waals surface area contributed by atoms with Crippen LogP contribution in [0.25, 0.3) is 0 Å². The van der Waals surface area contributed by atoms with Gasteiger partial charge in [0.2, 0.25) is 6.29 Å². The molecule has 2 saturated heterocycles. The van der Waals surface area contributed by atoms with E-state index in [-0.39, 0.29) is 11.7 Å². The standard InChI is InChI=1S/C15H18O5/c1-7-5-4-6-8-9(7)13(2,18)15(10(8)16)11(17)19-12-14(15,3)20-12/h7,12,18H,4-6H2,1-3H3. The van der Waals surface area contributed by atoms with E-state index in [1.807, 2.05) is 6.92 Å². The Morgan fingerprint density at radius 1 is 1.30 bits per heavy atom. The van der Waals surface area contributed by atoms with E-state index in [0.29, 0.717) is 12.0 Å². The Kier molecular flexibility index (Phi) is 1.99. The lowest BCUT2D eigenvalue weighted by atomic mass is 9.63. The molecule has 0 aromatic heterocycles. The Balaban J connectivity index is 1.97. The van der Waals surface area contributed by atoms with Crippen LogP contribution in [0.2, 0.25) is 0 Å². The Bertz CT molecular complexity index is 589. The van der Waals surface area contributed by atoms with E-state index in [1.54, 1.807) is 13.8 Å². The number of carbonyl (C=O) groups excluding carboxylic acids is 2. The topological polar surface area (TPSA) is 76.1 Å². The van der Waals surface area contributed by atoms with E-state index in [1.165, 1.54) is 0 Å². The summed E-state index contributed by atoms with van der Waals surface area (Å²) in [4.78, 5) is 25.4. The molecule has 1 N–H and O–H groups in total. The molecule has 2 aliphatic carbocycles. The van der Waals surface area contributed by atoms with Crippen molar-refractivity contribution in [3.63, 3.8) is 0 Å². The number of carbonyl (C=O) groups is 2. The summed E-state index contributed by atoms with van der Waals surface area (Å²) in [6.45, 7) is 5.27. The molecule has 5 atom stereocenters. The van der Waals surface area contributed by atoms with Crippen LogP contribution in [-0.4, -0.2) is 34.4 Å². The van der Waals surface area contributed by atoms with Gasteiger partial charge in [-0.1, -0.05) is 6.92 Å². The van der Waals surface area contributed by atoms with Gasteiger partial charge in [-0.2, -0.15) is 0 Å². The fraction of sp³-hybridized carbons (Fsp3) is 0.733. The molecule has 0 aromatic carbocycles. The first-order valence-corrected chi connectivity index (χ1v) is 7.18. The van der Waals surface area contributed by atoms with E-state index in [4.69, 9.17) is 9.47 Å². The predicted molar refractivity (Wildman–Crippen MR) is 67.5 cm³/mol. The highest BCUT2D eigenvalue weighted by atomic mass is 16.8. The minimum atomic E-state index is -1.60. The van der Waals surface area contributed by atoms with Crippen LogP contribution < -0.4 is 0 Å². The van der Waals surface area contributed by atoms with E-state index < -0.39 is 28.9 Å². The number of rotatable bonds is 0. The van der Waals surface area contributed by atoms with E-state index >= 15 is 0 Å². The zero-order chi connectivity index (χ0) is 14.5. The molecule has 2 fully saturated rings. The van der Waals surface area contributed by atoms with Gasteiger partial charge in [-0.3, -0.25) is 9.59 Å². The third-order valence-electron chi connectivity index (χ3n) is 5.76. The Hall–Kier alpha value is -1.20. The first-order valence-electron chi connectivity index (χ1n) is 7.18. The molecule has 0 radical (unpaired) electrons. The van der Waals surface area contributed by atoms with Crippen molar-refractivity contribution >= 4 is 11.8 Å². The lowest BCUT2D eigenvalue weighted by Gasteiger charge is -2.39. The zero-order valence-corrected chi connectivity index (χ0v) is 11.9. The number of allylic oxidation sites excluding steroid dienone is 1. The van der Waals surface area contributed by atoms with Gasteiger partial charge in [0.25, 0.3) is 0 Å². The third-order valence-corrected chi connectivity index (χ3v) is 5.76. The number of hydrogen-bond donors (Lipinski definition) is 1. The number of aliphatic hydroxyl groups is 1. The highest BCUT2D eigenvalue weighted by Gasteiger charge is 2.88. The molecule has 0 bridgehead atoms. The molecule has 4 rings (SSSR count). The second kappa shape index (κ2) is 3.17. The number of epoxide rings is 1. The average Bonchev–Trinajstić information content (AvgIpc) is 2.86. The van der Waals surface area contributed by atoms with Crippen LogP contribution in [0, 0.1) is 11.3 Å². The lowest BCUT2D eigenvalue weighted by molar-refractivity contribution is -0.177. The number of Topliss-reactive ketones (excluding diaryl/α,β-unsaturated/α-hetero) is 1. The Morgan fingerprint density at radius 3 is 2.55 bits per heavy atom. The number of ether oxygens (including phenoxy) is 2. The van der Waals surface area contributed by atoms with Crippen molar-refractivity contribution in [2.24, 2.45) is 11.3 Å². The molecule has 0 amide bonds. The molecule has 5 heteroatoms. The highest BCUT2D eigenvalue weighted by molar-refractivity contribution is 6.19. The van der Waals surface area contributed by atoms with Crippen LogP contribution in [0.3, 0.4) is 0 Å². The summed E-state index contributed by atoms with van der Waals surface area (Å²) in [5.41, 5.74) is -2.79. The monoisotopic (exact) mass is 278 g/mol. The second-order valence-electron chi connectivity index (χ2n) is 6.80. The molecule has 1 spiro atoms. The number of fused-ring (bicyclic) bond motifs is 2. The van der Waals surface area contributed by atoms with Gasteiger partial charge >= 0.3 is 5.97 Å². The molecule has 4 aliphatic rings. The van der Waals surface area contributed by atoms with Crippen LogP contribution in [-0.2, 0) is 19.1 Å². The van der Waals surface area contributed by atoms with Crippen LogP contribution in [0.4, 0.5) is 0 Å². The maximum atomic E-state index is 13.0. The quantitative estimate of drug-likeness (QED) is 0.408. The average molecular weight is 278 g/mol. The highest BCUT2D eigenvalue weighted by Crippen LogP contribution is 2.68. The third kappa shape index (κ3) is 0.969. The molecule has 20 heavy (non-hydrogen) atoms. The molecular formula is C15H18O5. The maximum Gasteiger partial charge on any atom is 0.329 e. The Morgan fingerprint density at radius 2 is 2.00 bits per heavy atom. The minimum absolute atomic E-state index is 0.103. The normalized spacial score (nSPS) is 53.2. The largest absolute Gasteiger partial charge is 0.432 e. The van der Waals surface area contributed by atoms with Gasteiger partial charge in [-0.25, -0.2) is 0 Å². The fourth-order valence-corrected chi connectivity index (χ4v) is 4.80. The van der Waals surface area contributed by atoms with Crippen molar-refractivity contribution in [1.29, 1.82) is 0 Å². The Labute approximate surface area is 116 Å². The van der Waals surface area contributed by atoms with Crippen molar-refractivity contribution in [2.75, 3.05) is 0 Å². The molecule has 2 heterocycles. The molecular weight excluding hydrogens is 260 g/mol. The van der Waals surface area contributed by atoms with E-state index in [0.717, 1.165) is 18.4 Å². The summed E-state index contributed by atoms with van der Waals surface area (Å²) in [6, 6.07) is 0. The van der Waals surface area contributed by atoms with Gasteiger partial charge in [-0.15, -0.1) is 0 Å². The van der Waals surface area contributed by atoms with Gasteiger partial charge in [0.15, 0.2) is 16.8 Å². The molecule has 2 aliphatic heterocycles. The molecule has 5 unspecified atom stereocenters. The minimum Gasteiger partial charge on any atom is -0.432 e. The van der Waals surface area contributed by atoms with E-state index in [2.05, 4.69) is 0 Å². The van der Waals surface area contributed by atoms with Gasteiger partial charge in [0, 0.05) is 0 Å². The van der Waals surface area contributed by atoms with Gasteiger partial charge in [0.1, 0.15) is 5.60 Å². The summed E-state index contributed by atoms with van der Waals surface area (Å²) in [5, 5.41) is 11.2. The van der Waals surface area contributed by atoms with E-state index in [9.17, 15) is 14.7 Å². The van der Waals surface area contributed by atoms with Crippen molar-refractivity contribution in [1.82, 2.24) is 0 Å². The van der Waals surface area contributed by atoms with Crippen LogP contribution >= 0.6 is 0 Å². The SMILES string of the molecule is CC1CCCC2=C1C(C)(O)C1(C(=O)OC3OC31C)C2=O. The number of esters is 1. The van der Waals surface area contributed by atoms with Crippen LogP contribution in [0.5, 0.6) is 0 Å². The summed E-state index contributed by atoms with van der Waals surface area (Å²) < 4.78 is 10.6. The van der Waals surface area contributed by atoms with Gasteiger partial charge < -0.3 is 14.6 Å².